The Morgan fingerprint density at radius 3 is 2.12 bits per heavy atom. The molecule has 8 nitrogen and oxygen atoms in total. The largest absolute Gasteiger partial charge is 0.492 e. The SMILES string of the molecule is CCNC(=O)[C@@H](CC)N(Cc1c(Cl)cccc1Cl)C(=O)CN(c1ccccc1OCC)S(=O)(=O)c1ccccc1. The molecule has 1 atom stereocenters. The van der Waals surface area contributed by atoms with Crippen LogP contribution in [0.25, 0.3) is 0 Å². The van der Waals surface area contributed by atoms with Gasteiger partial charge in [-0.15, -0.1) is 0 Å². The molecular formula is C29H33Cl2N3O5S. The molecule has 3 aromatic rings. The second-order valence-electron chi connectivity index (χ2n) is 8.77. The summed E-state index contributed by atoms with van der Waals surface area (Å²) < 4.78 is 34.7. The molecule has 11 heteroatoms. The maximum atomic E-state index is 14.1. The third kappa shape index (κ3) is 7.27. The van der Waals surface area contributed by atoms with Gasteiger partial charge in [-0.05, 0) is 56.7 Å². The number of para-hydroxylation sites is 2. The van der Waals surface area contributed by atoms with Crippen LogP contribution < -0.4 is 14.4 Å². The fourth-order valence-electron chi connectivity index (χ4n) is 4.24. The Kier molecular flexibility index (Phi) is 11.2. The van der Waals surface area contributed by atoms with Crippen molar-refractivity contribution in [2.75, 3.05) is 24.0 Å². The van der Waals surface area contributed by atoms with Crippen molar-refractivity contribution in [2.24, 2.45) is 0 Å². The van der Waals surface area contributed by atoms with Crippen LogP contribution in [0.4, 0.5) is 5.69 Å². The summed E-state index contributed by atoms with van der Waals surface area (Å²) in [6, 6.07) is 18.5. The molecule has 0 bridgehead atoms. The molecule has 40 heavy (non-hydrogen) atoms. The van der Waals surface area contributed by atoms with E-state index in [-0.39, 0.29) is 36.1 Å². The normalized spacial score (nSPS) is 11.9. The number of ether oxygens (including phenoxy) is 1. The van der Waals surface area contributed by atoms with Crippen LogP contribution in [-0.2, 0) is 26.2 Å². The Bertz CT molecular complexity index is 1400. The number of nitrogens with one attached hydrogen (secondary N) is 1. The maximum absolute atomic E-state index is 14.1. The van der Waals surface area contributed by atoms with Gasteiger partial charge in [0.05, 0.1) is 17.2 Å². The predicted octanol–water partition coefficient (Wildman–Crippen LogP) is 5.53. The number of carbonyl (C=O) groups excluding carboxylic acids is 2. The van der Waals surface area contributed by atoms with Crippen LogP contribution in [0, 0.1) is 0 Å². The van der Waals surface area contributed by atoms with Crippen molar-refractivity contribution in [2.45, 2.75) is 44.7 Å². The van der Waals surface area contributed by atoms with Crippen LogP contribution in [0.2, 0.25) is 10.0 Å². The Morgan fingerprint density at radius 1 is 0.900 bits per heavy atom. The highest BCUT2D eigenvalue weighted by Gasteiger charge is 2.35. The van der Waals surface area contributed by atoms with Crippen LogP contribution in [0.5, 0.6) is 5.75 Å². The van der Waals surface area contributed by atoms with Gasteiger partial charge in [0, 0.05) is 28.7 Å². The fourth-order valence-corrected chi connectivity index (χ4v) is 6.20. The molecule has 2 amide bonds. The molecule has 0 fully saturated rings. The highest BCUT2D eigenvalue weighted by molar-refractivity contribution is 7.92. The van der Waals surface area contributed by atoms with E-state index >= 15 is 0 Å². The molecule has 0 aliphatic heterocycles. The zero-order valence-electron chi connectivity index (χ0n) is 22.6. The van der Waals surface area contributed by atoms with E-state index in [1.807, 2.05) is 0 Å². The molecule has 0 radical (unpaired) electrons. The molecule has 3 aromatic carbocycles. The van der Waals surface area contributed by atoms with Gasteiger partial charge < -0.3 is 15.0 Å². The number of hydrogen-bond donors (Lipinski definition) is 1. The van der Waals surface area contributed by atoms with E-state index in [0.29, 0.717) is 27.9 Å². The standard InChI is InChI=1S/C29H33Cl2N3O5S/c1-4-25(29(36)32-5-2)33(19-22-23(30)15-12-16-24(22)31)28(35)20-34(26-17-10-11-18-27(26)39-6-3)40(37,38)21-13-8-7-9-14-21/h7-18,25H,4-6,19-20H2,1-3H3,(H,32,36)/t25-/m1/s1. The summed E-state index contributed by atoms with van der Waals surface area (Å²) >= 11 is 12.9. The lowest BCUT2D eigenvalue weighted by atomic mass is 10.1. The van der Waals surface area contributed by atoms with E-state index in [2.05, 4.69) is 5.32 Å². The van der Waals surface area contributed by atoms with Crippen LogP contribution in [-0.4, -0.2) is 50.9 Å². The molecule has 0 heterocycles. The summed E-state index contributed by atoms with van der Waals surface area (Å²) in [5.41, 5.74) is 0.650. The number of amides is 2. The van der Waals surface area contributed by atoms with Crippen molar-refractivity contribution in [3.63, 3.8) is 0 Å². The minimum Gasteiger partial charge on any atom is -0.492 e. The maximum Gasteiger partial charge on any atom is 0.264 e. The average Bonchev–Trinajstić information content (AvgIpc) is 2.94. The highest BCUT2D eigenvalue weighted by atomic mass is 35.5. The topological polar surface area (TPSA) is 96.0 Å². The molecule has 1 N–H and O–H groups in total. The van der Waals surface area contributed by atoms with Crippen molar-refractivity contribution in [1.82, 2.24) is 10.2 Å². The van der Waals surface area contributed by atoms with E-state index in [1.54, 1.807) is 81.4 Å². The number of benzene rings is 3. The van der Waals surface area contributed by atoms with E-state index in [1.165, 1.54) is 17.0 Å². The summed E-state index contributed by atoms with van der Waals surface area (Å²) in [5.74, 6) is -0.678. The van der Waals surface area contributed by atoms with Crippen LogP contribution in [0.3, 0.4) is 0 Å². The summed E-state index contributed by atoms with van der Waals surface area (Å²) in [7, 11) is -4.22. The zero-order chi connectivity index (χ0) is 29.3. The third-order valence-electron chi connectivity index (χ3n) is 6.17. The van der Waals surface area contributed by atoms with Gasteiger partial charge in [-0.25, -0.2) is 8.42 Å². The monoisotopic (exact) mass is 605 g/mol. The van der Waals surface area contributed by atoms with Crippen molar-refractivity contribution < 1.29 is 22.7 Å². The number of sulfonamides is 1. The van der Waals surface area contributed by atoms with Gasteiger partial charge in [0.15, 0.2) is 0 Å². The van der Waals surface area contributed by atoms with Gasteiger partial charge in [0.2, 0.25) is 11.8 Å². The Balaban J connectivity index is 2.14. The van der Waals surface area contributed by atoms with Crippen LogP contribution in [0.1, 0.15) is 32.8 Å². The lowest BCUT2D eigenvalue weighted by Gasteiger charge is -2.33. The lowest BCUT2D eigenvalue weighted by molar-refractivity contribution is -0.140. The van der Waals surface area contributed by atoms with Crippen molar-refractivity contribution in [1.29, 1.82) is 0 Å². The van der Waals surface area contributed by atoms with Gasteiger partial charge in [0.1, 0.15) is 18.3 Å². The van der Waals surface area contributed by atoms with Crippen molar-refractivity contribution >= 4 is 50.7 Å². The molecule has 0 saturated carbocycles. The van der Waals surface area contributed by atoms with E-state index < -0.39 is 28.5 Å². The number of nitrogens with zero attached hydrogens (tertiary/aromatic N) is 2. The molecule has 214 valence electrons. The Labute approximate surface area is 245 Å². The highest BCUT2D eigenvalue weighted by Crippen LogP contribution is 2.33. The second kappa shape index (κ2) is 14.4. The summed E-state index contributed by atoms with van der Waals surface area (Å²) in [5, 5.41) is 3.41. The Hall–Kier alpha value is -3.27. The lowest BCUT2D eigenvalue weighted by Crippen LogP contribution is -2.52. The first kappa shape index (κ1) is 31.3. The fraction of sp³-hybridized carbons (Fsp3) is 0.310. The number of likely N-dealkylation sites (N-methyl/N-ethyl adjacent to an activating group) is 1. The molecule has 3 rings (SSSR count). The molecule has 0 aliphatic rings. The first-order valence-electron chi connectivity index (χ1n) is 12.9. The molecule has 0 aliphatic carbocycles. The summed E-state index contributed by atoms with van der Waals surface area (Å²) in [4.78, 5) is 28.5. The number of rotatable bonds is 13. The Morgan fingerprint density at radius 2 is 1.52 bits per heavy atom. The number of hydrogen-bond acceptors (Lipinski definition) is 5. The minimum atomic E-state index is -4.22. The van der Waals surface area contributed by atoms with Crippen LogP contribution >= 0.6 is 23.2 Å². The number of carbonyl (C=O) groups is 2. The zero-order valence-corrected chi connectivity index (χ0v) is 25.0. The van der Waals surface area contributed by atoms with Gasteiger partial charge in [-0.1, -0.05) is 66.5 Å². The molecule has 0 aromatic heterocycles. The predicted molar refractivity (Wildman–Crippen MR) is 158 cm³/mol. The first-order valence-corrected chi connectivity index (χ1v) is 15.1. The van der Waals surface area contributed by atoms with Gasteiger partial charge in [0.25, 0.3) is 10.0 Å². The number of halogens is 2. The smallest absolute Gasteiger partial charge is 0.264 e. The first-order chi connectivity index (χ1) is 19.1. The van der Waals surface area contributed by atoms with E-state index in [4.69, 9.17) is 27.9 Å². The van der Waals surface area contributed by atoms with Gasteiger partial charge in [-0.3, -0.25) is 13.9 Å². The molecular weight excluding hydrogens is 573 g/mol. The average molecular weight is 607 g/mol. The van der Waals surface area contributed by atoms with Gasteiger partial charge in [-0.2, -0.15) is 0 Å². The molecule has 0 unspecified atom stereocenters. The van der Waals surface area contributed by atoms with Crippen LogP contribution in [0.15, 0.2) is 77.7 Å². The summed E-state index contributed by atoms with van der Waals surface area (Å²) in [6.07, 6.45) is 0.278. The van der Waals surface area contributed by atoms with Crippen molar-refractivity contribution in [3.05, 3.63) is 88.4 Å². The summed E-state index contributed by atoms with van der Waals surface area (Å²) in [6.45, 7) is 5.29. The van der Waals surface area contributed by atoms with Crippen molar-refractivity contribution in [3.8, 4) is 5.75 Å². The van der Waals surface area contributed by atoms with E-state index in [9.17, 15) is 18.0 Å². The van der Waals surface area contributed by atoms with Gasteiger partial charge >= 0.3 is 0 Å². The van der Waals surface area contributed by atoms with E-state index in [0.717, 1.165) is 4.31 Å². The minimum absolute atomic E-state index is 0.00515. The second-order valence-corrected chi connectivity index (χ2v) is 11.4. The quantitative estimate of drug-likeness (QED) is 0.276. The molecule has 0 spiro atoms. The molecule has 0 saturated heterocycles. The third-order valence-corrected chi connectivity index (χ3v) is 8.65. The number of anilines is 1.